The maximum atomic E-state index is 5.57. The highest BCUT2D eigenvalue weighted by Gasteiger charge is 1.97. The highest BCUT2D eigenvalue weighted by atomic mass is 32.1. The van der Waals surface area contributed by atoms with Crippen molar-refractivity contribution in [1.82, 2.24) is 9.97 Å². The molecule has 0 aromatic carbocycles. The van der Waals surface area contributed by atoms with Crippen LogP contribution in [0, 0.1) is 0 Å². The molecule has 0 fully saturated rings. The van der Waals surface area contributed by atoms with Gasteiger partial charge in [0.1, 0.15) is 5.00 Å². The van der Waals surface area contributed by atoms with E-state index in [1.54, 1.807) is 18.6 Å². The minimum atomic E-state index is 0.737. The van der Waals surface area contributed by atoms with Gasteiger partial charge in [0.05, 0.1) is 6.20 Å². The number of aromatic nitrogens is 2. The quantitative estimate of drug-likeness (QED) is 0.824. The largest absolute Gasteiger partial charge is 0.389 e. The van der Waals surface area contributed by atoms with E-state index in [0.29, 0.717) is 0 Å². The number of nitrogens with one attached hydrogen (secondary N) is 1. The molecule has 0 amide bonds. The molecule has 4 nitrogen and oxygen atoms in total. The smallest absolute Gasteiger partial charge is 0.184 e. The summed E-state index contributed by atoms with van der Waals surface area (Å²) in [4.78, 5) is 8.08. The number of pyridine rings is 1. The fourth-order valence-corrected chi connectivity index (χ4v) is 1.84. The van der Waals surface area contributed by atoms with E-state index < -0.39 is 0 Å². The predicted octanol–water partition coefficient (Wildman–Crippen LogP) is 1.77. The van der Waals surface area contributed by atoms with Gasteiger partial charge in [-0.05, 0) is 24.1 Å². The van der Waals surface area contributed by atoms with Crippen molar-refractivity contribution >= 4 is 21.5 Å². The molecular formula is C10H12N4S. The topological polar surface area (TPSA) is 63.8 Å². The number of nitrogen functional groups attached to an aromatic ring is 1. The van der Waals surface area contributed by atoms with E-state index in [1.807, 2.05) is 12.1 Å². The Morgan fingerprint density at radius 1 is 1.33 bits per heavy atom. The van der Waals surface area contributed by atoms with Crippen molar-refractivity contribution in [1.29, 1.82) is 0 Å². The Morgan fingerprint density at radius 2 is 2.13 bits per heavy atom. The fraction of sp³-hybridized carbons (Fsp3) is 0.200. The molecule has 0 bridgehead atoms. The fourth-order valence-electron chi connectivity index (χ4n) is 1.23. The second-order valence-corrected chi connectivity index (χ2v) is 4.16. The molecule has 0 aliphatic rings. The lowest BCUT2D eigenvalue weighted by Gasteiger charge is -2.01. The van der Waals surface area contributed by atoms with Crippen LogP contribution in [0.2, 0.25) is 0 Å². The summed E-state index contributed by atoms with van der Waals surface area (Å²) < 4.78 is 0. The molecule has 2 aromatic rings. The molecule has 2 heterocycles. The van der Waals surface area contributed by atoms with Crippen LogP contribution in [-0.4, -0.2) is 16.5 Å². The van der Waals surface area contributed by atoms with Crippen LogP contribution in [0.3, 0.4) is 0 Å². The molecule has 3 N–H and O–H groups in total. The van der Waals surface area contributed by atoms with E-state index in [-0.39, 0.29) is 0 Å². The van der Waals surface area contributed by atoms with Gasteiger partial charge in [-0.3, -0.25) is 4.98 Å². The average molecular weight is 220 g/mol. The third-order valence-electron chi connectivity index (χ3n) is 1.96. The van der Waals surface area contributed by atoms with Gasteiger partial charge >= 0.3 is 0 Å². The first-order chi connectivity index (χ1) is 7.34. The first-order valence-electron chi connectivity index (χ1n) is 4.68. The molecule has 0 aliphatic heterocycles. The van der Waals surface area contributed by atoms with E-state index in [1.165, 1.54) is 16.9 Å². The van der Waals surface area contributed by atoms with E-state index in [2.05, 4.69) is 15.3 Å². The number of hydrogen-bond acceptors (Lipinski definition) is 5. The van der Waals surface area contributed by atoms with Crippen molar-refractivity contribution in [3.05, 3.63) is 36.3 Å². The van der Waals surface area contributed by atoms with Crippen molar-refractivity contribution in [2.75, 3.05) is 17.6 Å². The van der Waals surface area contributed by atoms with Crippen LogP contribution >= 0.6 is 11.3 Å². The van der Waals surface area contributed by atoms with Gasteiger partial charge in [0.25, 0.3) is 0 Å². The first kappa shape index (κ1) is 9.92. The van der Waals surface area contributed by atoms with Crippen molar-refractivity contribution in [2.24, 2.45) is 0 Å². The van der Waals surface area contributed by atoms with Crippen molar-refractivity contribution in [2.45, 2.75) is 6.42 Å². The van der Waals surface area contributed by atoms with Crippen LogP contribution in [-0.2, 0) is 6.42 Å². The maximum Gasteiger partial charge on any atom is 0.184 e. The zero-order chi connectivity index (χ0) is 10.5. The summed E-state index contributed by atoms with van der Waals surface area (Å²) in [5.74, 6) is 0. The van der Waals surface area contributed by atoms with Crippen LogP contribution in [0.4, 0.5) is 10.1 Å². The van der Waals surface area contributed by atoms with E-state index >= 15 is 0 Å². The second-order valence-electron chi connectivity index (χ2n) is 3.10. The van der Waals surface area contributed by atoms with E-state index in [9.17, 15) is 0 Å². The highest BCUT2D eigenvalue weighted by molar-refractivity contribution is 7.19. The van der Waals surface area contributed by atoms with Gasteiger partial charge in [0.2, 0.25) is 0 Å². The first-order valence-corrected chi connectivity index (χ1v) is 5.50. The maximum absolute atomic E-state index is 5.57. The van der Waals surface area contributed by atoms with E-state index in [0.717, 1.165) is 23.1 Å². The van der Waals surface area contributed by atoms with Crippen LogP contribution < -0.4 is 11.1 Å². The molecule has 2 rings (SSSR count). The molecule has 0 saturated carbocycles. The van der Waals surface area contributed by atoms with Gasteiger partial charge in [0, 0.05) is 18.9 Å². The molecule has 15 heavy (non-hydrogen) atoms. The number of hydrogen-bond donors (Lipinski definition) is 2. The zero-order valence-corrected chi connectivity index (χ0v) is 9.00. The Kier molecular flexibility index (Phi) is 3.14. The van der Waals surface area contributed by atoms with Gasteiger partial charge in [-0.25, -0.2) is 4.98 Å². The third kappa shape index (κ3) is 2.92. The number of anilines is 2. The number of nitrogens with zero attached hydrogens (tertiary/aromatic N) is 2. The van der Waals surface area contributed by atoms with Gasteiger partial charge in [0.15, 0.2) is 5.13 Å². The Hall–Kier alpha value is -1.62. The SMILES string of the molecule is Nc1cnc(NCCc2ccncc2)s1. The predicted molar refractivity (Wildman–Crippen MR) is 63.0 cm³/mol. The van der Waals surface area contributed by atoms with Crippen LogP contribution in [0.15, 0.2) is 30.7 Å². The standard InChI is InChI=1S/C10H12N4S/c11-9-7-14-10(15-9)13-6-3-8-1-4-12-5-2-8/h1-2,4-5,7H,3,6,11H2,(H,13,14). The molecule has 5 heteroatoms. The summed E-state index contributed by atoms with van der Waals surface area (Å²) in [7, 11) is 0. The minimum absolute atomic E-state index is 0.737. The molecule has 0 saturated heterocycles. The molecule has 2 aromatic heterocycles. The second kappa shape index (κ2) is 4.75. The van der Waals surface area contributed by atoms with Gasteiger partial charge in [-0.2, -0.15) is 0 Å². The van der Waals surface area contributed by atoms with Crippen LogP contribution in [0.1, 0.15) is 5.56 Å². The van der Waals surface area contributed by atoms with Gasteiger partial charge < -0.3 is 11.1 Å². The summed E-state index contributed by atoms with van der Waals surface area (Å²) in [6.07, 6.45) is 6.23. The molecule has 0 atom stereocenters. The lowest BCUT2D eigenvalue weighted by molar-refractivity contribution is 1.01. The number of thiazole rings is 1. The third-order valence-corrected chi connectivity index (χ3v) is 2.75. The molecule has 0 aliphatic carbocycles. The Balaban J connectivity index is 1.80. The summed E-state index contributed by atoms with van der Waals surface area (Å²) >= 11 is 1.47. The summed E-state index contributed by atoms with van der Waals surface area (Å²) in [5.41, 5.74) is 6.83. The molecule has 0 unspecified atom stereocenters. The molecule has 78 valence electrons. The van der Waals surface area contributed by atoms with E-state index in [4.69, 9.17) is 5.73 Å². The van der Waals surface area contributed by atoms with Crippen molar-refractivity contribution in [3.8, 4) is 0 Å². The lowest BCUT2D eigenvalue weighted by Crippen LogP contribution is -2.04. The van der Waals surface area contributed by atoms with Crippen molar-refractivity contribution < 1.29 is 0 Å². The normalized spacial score (nSPS) is 10.1. The van der Waals surface area contributed by atoms with Crippen LogP contribution in [0.5, 0.6) is 0 Å². The molecular weight excluding hydrogens is 208 g/mol. The summed E-state index contributed by atoms with van der Waals surface area (Å²) in [6, 6.07) is 4.02. The van der Waals surface area contributed by atoms with Gasteiger partial charge in [-0.15, -0.1) is 0 Å². The van der Waals surface area contributed by atoms with Crippen LogP contribution in [0.25, 0.3) is 0 Å². The molecule has 0 spiro atoms. The Morgan fingerprint density at radius 3 is 2.80 bits per heavy atom. The van der Waals surface area contributed by atoms with Crippen molar-refractivity contribution in [3.63, 3.8) is 0 Å². The zero-order valence-electron chi connectivity index (χ0n) is 8.18. The minimum Gasteiger partial charge on any atom is -0.389 e. The summed E-state index contributed by atoms with van der Waals surface area (Å²) in [5, 5.41) is 4.83. The average Bonchev–Trinajstić information content (AvgIpc) is 2.66. The Bertz CT molecular complexity index is 412. The monoisotopic (exact) mass is 220 g/mol. The summed E-state index contributed by atoms with van der Waals surface area (Å²) in [6.45, 7) is 0.858. The Labute approximate surface area is 92.2 Å². The lowest BCUT2D eigenvalue weighted by atomic mass is 10.2. The van der Waals surface area contributed by atoms with Gasteiger partial charge in [-0.1, -0.05) is 11.3 Å². The molecule has 0 radical (unpaired) electrons. The number of nitrogens with two attached hydrogens (primary N) is 1. The number of rotatable bonds is 4. The highest BCUT2D eigenvalue weighted by Crippen LogP contribution is 2.19.